The van der Waals surface area contributed by atoms with Crippen molar-refractivity contribution in [3.05, 3.63) is 48.8 Å². The monoisotopic (exact) mass is 317 g/mol. The van der Waals surface area contributed by atoms with Gasteiger partial charge >= 0.3 is 0 Å². The Hall–Kier alpha value is -1.76. The van der Waals surface area contributed by atoms with Crippen molar-refractivity contribution in [3.63, 3.8) is 0 Å². The molecular weight excluding hydrogens is 298 g/mol. The zero-order valence-corrected chi connectivity index (χ0v) is 13.3. The molecule has 0 bridgehead atoms. The Kier molecular flexibility index (Phi) is 4.24. The highest BCUT2D eigenvalue weighted by atomic mass is 32.2. The first-order valence-corrected chi connectivity index (χ1v) is 8.70. The van der Waals surface area contributed by atoms with Gasteiger partial charge in [0.2, 0.25) is 10.0 Å². The van der Waals surface area contributed by atoms with Crippen LogP contribution in [0, 0.1) is 0 Å². The van der Waals surface area contributed by atoms with E-state index < -0.39 is 10.0 Å². The summed E-state index contributed by atoms with van der Waals surface area (Å²) >= 11 is 0. The molecule has 1 fully saturated rings. The van der Waals surface area contributed by atoms with E-state index in [-0.39, 0.29) is 0 Å². The molecule has 0 N–H and O–H groups in total. The molecule has 0 radical (unpaired) electrons. The van der Waals surface area contributed by atoms with Crippen molar-refractivity contribution in [1.82, 2.24) is 14.2 Å². The molecule has 0 amide bonds. The second-order valence-electron chi connectivity index (χ2n) is 5.47. The molecule has 6 heteroatoms. The van der Waals surface area contributed by atoms with Crippen molar-refractivity contribution < 1.29 is 8.42 Å². The molecule has 0 atom stereocenters. The quantitative estimate of drug-likeness (QED) is 0.864. The molecule has 1 aliphatic heterocycles. The minimum absolute atomic E-state index is 0.352. The van der Waals surface area contributed by atoms with Gasteiger partial charge in [0.1, 0.15) is 0 Å². The summed E-state index contributed by atoms with van der Waals surface area (Å²) in [6.45, 7) is 2.63. The van der Waals surface area contributed by atoms with Crippen molar-refractivity contribution in [2.75, 3.05) is 33.2 Å². The minimum atomic E-state index is -3.39. The Bertz CT molecular complexity index is 722. The lowest BCUT2D eigenvalue weighted by molar-refractivity contribution is 0.222. The SMILES string of the molecule is CN1CCN(S(=O)(=O)c2ccc(-c3cccnc3)cc2)CC1. The highest BCUT2D eigenvalue weighted by Crippen LogP contribution is 2.22. The topological polar surface area (TPSA) is 53.5 Å². The van der Waals surface area contributed by atoms with Gasteiger partial charge in [-0.2, -0.15) is 4.31 Å². The van der Waals surface area contributed by atoms with Gasteiger partial charge in [0.05, 0.1) is 4.90 Å². The molecule has 0 spiro atoms. The number of nitrogens with zero attached hydrogens (tertiary/aromatic N) is 3. The van der Waals surface area contributed by atoms with Gasteiger partial charge in [-0.3, -0.25) is 4.98 Å². The van der Waals surface area contributed by atoms with E-state index >= 15 is 0 Å². The van der Waals surface area contributed by atoms with Crippen LogP contribution in [0.4, 0.5) is 0 Å². The van der Waals surface area contributed by atoms with Crippen LogP contribution >= 0.6 is 0 Å². The number of benzene rings is 1. The van der Waals surface area contributed by atoms with Gasteiger partial charge in [-0.05, 0) is 36.4 Å². The smallest absolute Gasteiger partial charge is 0.243 e. The van der Waals surface area contributed by atoms with Gasteiger partial charge in [0, 0.05) is 38.6 Å². The maximum atomic E-state index is 12.6. The molecule has 2 heterocycles. The van der Waals surface area contributed by atoms with E-state index in [1.54, 1.807) is 28.8 Å². The van der Waals surface area contributed by atoms with Crippen LogP contribution in [0.5, 0.6) is 0 Å². The molecule has 2 aromatic rings. The van der Waals surface area contributed by atoms with E-state index in [9.17, 15) is 8.42 Å². The van der Waals surface area contributed by atoms with Crippen LogP contribution in [0.25, 0.3) is 11.1 Å². The van der Waals surface area contributed by atoms with E-state index in [2.05, 4.69) is 9.88 Å². The minimum Gasteiger partial charge on any atom is -0.304 e. The highest BCUT2D eigenvalue weighted by molar-refractivity contribution is 7.89. The Morgan fingerprint density at radius 1 is 0.955 bits per heavy atom. The number of aromatic nitrogens is 1. The lowest BCUT2D eigenvalue weighted by Crippen LogP contribution is -2.46. The first-order valence-electron chi connectivity index (χ1n) is 7.26. The number of hydrogen-bond acceptors (Lipinski definition) is 4. The van der Waals surface area contributed by atoms with Crippen LogP contribution in [0.3, 0.4) is 0 Å². The molecule has 1 aromatic carbocycles. The summed E-state index contributed by atoms with van der Waals surface area (Å²) < 4.78 is 26.8. The number of hydrogen-bond donors (Lipinski definition) is 0. The maximum Gasteiger partial charge on any atom is 0.243 e. The molecule has 1 saturated heterocycles. The van der Waals surface area contributed by atoms with Crippen LogP contribution in [0.2, 0.25) is 0 Å². The van der Waals surface area contributed by atoms with Gasteiger partial charge in [0.25, 0.3) is 0 Å². The zero-order valence-electron chi connectivity index (χ0n) is 12.5. The Labute approximate surface area is 131 Å². The van der Waals surface area contributed by atoms with Crippen molar-refractivity contribution >= 4 is 10.0 Å². The number of likely N-dealkylation sites (N-methyl/N-ethyl adjacent to an activating group) is 1. The van der Waals surface area contributed by atoms with Gasteiger partial charge in [-0.15, -0.1) is 0 Å². The van der Waals surface area contributed by atoms with E-state index in [4.69, 9.17) is 0 Å². The summed E-state index contributed by atoms with van der Waals surface area (Å²) in [6, 6.07) is 10.8. The normalized spacial score (nSPS) is 17.5. The molecular formula is C16H19N3O2S. The predicted octanol–water partition coefficient (Wildman–Crippen LogP) is 1.68. The van der Waals surface area contributed by atoms with Crippen molar-refractivity contribution in [3.8, 4) is 11.1 Å². The van der Waals surface area contributed by atoms with Crippen LogP contribution < -0.4 is 0 Å². The largest absolute Gasteiger partial charge is 0.304 e. The second kappa shape index (κ2) is 6.16. The fourth-order valence-corrected chi connectivity index (χ4v) is 3.95. The fourth-order valence-electron chi connectivity index (χ4n) is 2.53. The van der Waals surface area contributed by atoms with Crippen LogP contribution in [-0.2, 0) is 10.0 Å². The fraction of sp³-hybridized carbons (Fsp3) is 0.312. The van der Waals surface area contributed by atoms with Gasteiger partial charge in [-0.1, -0.05) is 18.2 Å². The predicted molar refractivity (Wildman–Crippen MR) is 85.9 cm³/mol. The van der Waals surface area contributed by atoms with Crippen molar-refractivity contribution in [2.45, 2.75) is 4.90 Å². The van der Waals surface area contributed by atoms with Crippen LogP contribution in [0.1, 0.15) is 0 Å². The number of rotatable bonds is 3. The summed E-state index contributed by atoms with van der Waals surface area (Å²) in [6.07, 6.45) is 3.49. The summed E-state index contributed by atoms with van der Waals surface area (Å²) in [5.74, 6) is 0. The Balaban J connectivity index is 1.83. The molecule has 0 saturated carbocycles. The Morgan fingerprint density at radius 3 is 2.23 bits per heavy atom. The summed E-state index contributed by atoms with van der Waals surface area (Å²) in [7, 11) is -1.39. The van der Waals surface area contributed by atoms with Crippen LogP contribution in [0.15, 0.2) is 53.7 Å². The molecule has 116 valence electrons. The summed E-state index contributed by atoms with van der Waals surface area (Å²) in [5, 5.41) is 0. The van der Waals surface area contributed by atoms with Crippen molar-refractivity contribution in [2.24, 2.45) is 0 Å². The lowest BCUT2D eigenvalue weighted by atomic mass is 10.1. The average molecular weight is 317 g/mol. The van der Waals surface area contributed by atoms with E-state index in [1.807, 2.05) is 31.3 Å². The number of sulfonamides is 1. The first kappa shape index (κ1) is 15.1. The number of pyridine rings is 1. The highest BCUT2D eigenvalue weighted by Gasteiger charge is 2.27. The van der Waals surface area contributed by atoms with Gasteiger partial charge in [-0.25, -0.2) is 8.42 Å². The van der Waals surface area contributed by atoms with Gasteiger partial charge < -0.3 is 4.90 Å². The third-order valence-electron chi connectivity index (χ3n) is 3.95. The standard InChI is InChI=1S/C16H19N3O2S/c1-18-9-11-19(12-10-18)22(20,21)16-6-4-14(5-7-16)15-3-2-8-17-13-15/h2-8,13H,9-12H2,1H3. The Morgan fingerprint density at radius 2 is 1.64 bits per heavy atom. The summed E-state index contributed by atoms with van der Waals surface area (Å²) in [4.78, 5) is 6.57. The molecule has 1 aromatic heterocycles. The maximum absolute atomic E-state index is 12.6. The molecule has 5 nitrogen and oxygen atoms in total. The zero-order chi connectivity index (χ0) is 15.6. The van der Waals surface area contributed by atoms with Gasteiger partial charge in [0.15, 0.2) is 0 Å². The summed E-state index contributed by atoms with van der Waals surface area (Å²) in [5.41, 5.74) is 1.94. The van der Waals surface area contributed by atoms with E-state index in [0.29, 0.717) is 18.0 Å². The third kappa shape index (κ3) is 3.04. The van der Waals surface area contributed by atoms with Crippen LogP contribution in [-0.4, -0.2) is 55.8 Å². The molecule has 0 unspecified atom stereocenters. The average Bonchev–Trinajstić information content (AvgIpc) is 2.56. The molecule has 22 heavy (non-hydrogen) atoms. The molecule has 1 aliphatic rings. The second-order valence-corrected chi connectivity index (χ2v) is 7.41. The molecule has 0 aliphatic carbocycles. The van der Waals surface area contributed by atoms with E-state index in [0.717, 1.165) is 24.2 Å². The van der Waals surface area contributed by atoms with Crippen molar-refractivity contribution in [1.29, 1.82) is 0 Å². The lowest BCUT2D eigenvalue weighted by Gasteiger charge is -2.31. The first-order chi connectivity index (χ1) is 10.6. The molecule has 3 rings (SSSR count). The number of piperazine rings is 1. The van der Waals surface area contributed by atoms with E-state index in [1.165, 1.54) is 0 Å². The third-order valence-corrected chi connectivity index (χ3v) is 5.86.